The zero-order valence-corrected chi connectivity index (χ0v) is 12.2. The number of hydrogen-bond acceptors (Lipinski definition) is 3. The van der Waals surface area contributed by atoms with Crippen LogP contribution < -0.4 is 16.2 Å². The van der Waals surface area contributed by atoms with Gasteiger partial charge in [0.05, 0.1) is 0 Å². The highest BCUT2D eigenvalue weighted by atomic mass is 16.5. The zero-order chi connectivity index (χ0) is 15.4. The van der Waals surface area contributed by atoms with E-state index in [-0.39, 0.29) is 0 Å². The van der Waals surface area contributed by atoms with Crippen molar-refractivity contribution in [3.05, 3.63) is 83.9 Å². The SMILES string of the molecule is Nc1ccc(Cc2cccc(Oc3ccc(N)cc3)c2)cc1. The number of nitrogens with two attached hydrogens (primary N) is 2. The van der Waals surface area contributed by atoms with Crippen LogP contribution in [-0.4, -0.2) is 0 Å². The quantitative estimate of drug-likeness (QED) is 0.707. The average Bonchev–Trinajstić information content (AvgIpc) is 2.52. The normalized spacial score (nSPS) is 10.4. The molecule has 22 heavy (non-hydrogen) atoms. The average molecular weight is 290 g/mol. The summed E-state index contributed by atoms with van der Waals surface area (Å²) in [6.07, 6.45) is 0.846. The Balaban J connectivity index is 1.74. The maximum atomic E-state index is 5.86. The molecule has 3 aromatic rings. The van der Waals surface area contributed by atoms with Crippen molar-refractivity contribution in [1.29, 1.82) is 0 Å². The Morgan fingerprint density at radius 3 is 1.95 bits per heavy atom. The standard InChI is InChI=1S/C19H18N2O/c20-16-6-4-14(5-7-16)12-15-2-1-3-19(13-15)22-18-10-8-17(21)9-11-18/h1-11,13H,12,20-21H2. The van der Waals surface area contributed by atoms with Crippen molar-refractivity contribution in [3.63, 3.8) is 0 Å². The summed E-state index contributed by atoms with van der Waals surface area (Å²) in [6, 6.07) is 23.4. The van der Waals surface area contributed by atoms with Gasteiger partial charge in [0, 0.05) is 11.4 Å². The first-order valence-corrected chi connectivity index (χ1v) is 7.16. The van der Waals surface area contributed by atoms with Gasteiger partial charge in [0.25, 0.3) is 0 Å². The van der Waals surface area contributed by atoms with Crippen molar-refractivity contribution in [1.82, 2.24) is 0 Å². The highest BCUT2D eigenvalue weighted by Gasteiger charge is 2.01. The molecule has 0 aliphatic rings. The third-order valence-electron chi connectivity index (χ3n) is 3.40. The summed E-state index contributed by atoms with van der Waals surface area (Å²) in [7, 11) is 0. The predicted molar refractivity (Wildman–Crippen MR) is 91.0 cm³/mol. The molecule has 0 heterocycles. The van der Waals surface area contributed by atoms with Gasteiger partial charge in [-0.15, -0.1) is 0 Å². The summed E-state index contributed by atoms with van der Waals surface area (Å²) >= 11 is 0. The molecule has 0 atom stereocenters. The highest BCUT2D eigenvalue weighted by molar-refractivity contribution is 5.44. The summed E-state index contributed by atoms with van der Waals surface area (Å²) in [5.41, 5.74) is 15.3. The molecule has 3 rings (SSSR count). The lowest BCUT2D eigenvalue weighted by atomic mass is 10.0. The van der Waals surface area contributed by atoms with Crippen molar-refractivity contribution in [2.24, 2.45) is 0 Å². The molecule has 0 bridgehead atoms. The molecule has 0 spiro atoms. The summed E-state index contributed by atoms with van der Waals surface area (Å²) in [4.78, 5) is 0. The lowest BCUT2D eigenvalue weighted by molar-refractivity contribution is 0.482. The molecular weight excluding hydrogens is 272 g/mol. The molecule has 3 heteroatoms. The van der Waals surface area contributed by atoms with E-state index in [1.165, 1.54) is 11.1 Å². The molecule has 0 unspecified atom stereocenters. The van der Waals surface area contributed by atoms with E-state index in [2.05, 4.69) is 6.07 Å². The van der Waals surface area contributed by atoms with Crippen molar-refractivity contribution in [2.75, 3.05) is 11.5 Å². The second kappa shape index (κ2) is 6.22. The van der Waals surface area contributed by atoms with Gasteiger partial charge in [0.1, 0.15) is 11.5 Å². The van der Waals surface area contributed by atoms with Gasteiger partial charge in [-0.25, -0.2) is 0 Å². The molecule has 3 aromatic carbocycles. The van der Waals surface area contributed by atoms with E-state index in [0.717, 1.165) is 29.3 Å². The molecular formula is C19H18N2O. The molecule has 4 N–H and O–H groups in total. The molecule has 0 aliphatic carbocycles. The Labute approximate surface area is 130 Å². The van der Waals surface area contributed by atoms with Crippen LogP contribution in [0.1, 0.15) is 11.1 Å². The van der Waals surface area contributed by atoms with Crippen LogP contribution in [0.3, 0.4) is 0 Å². The number of benzene rings is 3. The fourth-order valence-corrected chi connectivity index (χ4v) is 2.26. The van der Waals surface area contributed by atoms with E-state index in [4.69, 9.17) is 16.2 Å². The summed E-state index contributed by atoms with van der Waals surface area (Å²) in [5, 5.41) is 0. The number of nitrogen functional groups attached to an aromatic ring is 2. The monoisotopic (exact) mass is 290 g/mol. The molecule has 0 amide bonds. The van der Waals surface area contributed by atoms with Gasteiger partial charge in [-0.2, -0.15) is 0 Å². The third kappa shape index (κ3) is 3.58. The van der Waals surface area contributed by atoms with Gasteiger partial charge < -0.3 is 16.2 Å². The number of ether oxygens (including phenoxy) is 1. The first kappa shape index (κ1) is 14.0. The van der Waals surface area contributed by atoms with Crippen LogP contribution in [0.4, 0.5) is 11.4 Å². The predicted octanol–water partition coefficient (Wildman–Crippen LogP) is 4.23. The molecule has 110 valence electrons. The fraction of sp³-hybridized carbons (Fsp3) is 0.0526. The molecule has 0 fully saturated rings. The van der Waals surface area contributed by atoms with E-state index in [1.807, 2.05) is 66.7 Å². The van der Waals surface area contributed by atoms with Gasteiger partial charge in [0.2, 0.25) is 0 Å². The Morgan fingerprint density at radius 2 is 1.27 bits per heavy atom. The Hall–Kier alpha value is -2.94. The molecule has 0 saturated carbocycles. The van der Waals surface area contributed by atoms with Crippen LogP contribution in [0.2, 0.25) is 0 Å². The van der Waals surface area contributed by atoms with E-state index < -0.39 is 0 Å². The summed E-state index contributed by atoms with van der Waals surface area (Å²) < 4.78 is 5.86. The summed E-state index contributed by atoms with van der Waals surface area (Å²) in [6.45, 7) is 0. The maximum absolute atomic E-state index is 5.86. The van der Waals surface area contributed by atoms with Crippen LogP contribution >= 0.6 is 0 Å². The molecule has 0 aromatic heterocycles. The Bertz CT molecular complexity index is 686. The number of rotatable bonds is 4. The minimum absolute atomic E-state index is 0.726. The second-order valence-corrected chi connectivity index (χ2v) is 5.24. The van der Waals surface area contributed by atoms with Gasteiger partial charge in [-0.05, 0) is 66.1 Å². The highest BCUT2D eigenvalue weighted by Crippen LogP contribution is 2.24. The minimum atomic E-state index is 0.726. The Morgan fingerprint density at radius 1 is 0.636 bits per heavy atom. The van der Waals surface area contributed by atoms with Gasteiger partial charge in [0.15, 0.2) is 0 Å². The van der Waals surface area contributed by atoms with Crippen molar-refractivity contribution in [2.45, 2.75) is 6.42 Å². The number of anilines is 2. The van der Waals surface area contributed by atoms with Crippen molar-refractivity contribution in [3.8, 4) is 11.5 Å². The van der Waals surface area contributed by atoms with Crippen molar-refractivity contribution < 1.29 is 4.74 Å². The van der Waals surface area contributed by atoms with Crippen LogP contribution in [0.25, 0.3) is 0 Å². The van der Waals surface area contributed by atoms with E-state index in [9.17, 15) is 0 Å². The Kier molecular flexibility index (Phi) is 3.97. The van der Waals surface area contributed by atoms with E-state index >= 15 is 0 Å². The van der Waals surface area contributed by atoms with Crippen LogP contribution in [0, 0.1) is 0 Å². The fourth-order valence-electron chi connectivity index (χ4n) is 2.26. The second-order valence-electron chi connectivity index (χ2n) is 5.24. The molecule has 0 radical (unpaired) electrons. The topological polar surface area (TPSA) is 61.3 Å². The van der Waals surface area contributed by atoms with Gasteiger partial charge >= 0.3 is 0 Å². The van der Waals surface area contributed by atoms with Gasteiger partial charge in [-0.1, -0.05) is 24.3 Å². The smallest absolute Gasteiger partial charge is 0.127 e. The van der Waals surface area contributed by atoms with Gasteiger partial charge in [-0.3, -0.25) is 0 Å². The molecule has 0 saturated heterocycles. The first-order chi connectivity index (χ1) is 10.7. The van der Waals surface area contributed by atoms with Crippen LogP contribution in [0.5, 0.6) is 11.5 Å². The lowest BCUT2D eigenvalue weighted by Crippen LogP contribution is -1.91. The third-order valence-corrected chi connectivity index (χ3v) is 3.40. The molecule has 3 nitrogen and oxygen atoms in total. The number of hydrogen-bond donors (Lipinski definition) is 2. The lowest BCUT2D eigenvalue weighted by Gasteiger charge is -2.08. The maximum Gasteiger partial charge on any atom is 0.127 e. The van der Waals surface area contributed by atoms with Crippen molar-refractivity contribution >= 4 is 11.4 Å². The van der Waals surface area contributed by atoms with E-state index in [0.29, 0.717) is 0 Å². The zero-order valence-electron chi connectivity index (χ0n) is 12.2. The largest absolute Gasteiger partial charge is 0.457 e. The first-order valence-electron chi connectivity index (χ1n) is 7.16. The van der Waals surface area contributed by atoms with E-state index in [1.54, 1.807) is 0 Å². The van der Waals surface area contributed by atoms with Crippen LogP contribution in [0.15, 0.2) is 72.8 Å². The molecule has 0 aliphatic heterocycles. The van der Waals surface area contributed by atoms with Crippen LogP contribution in [-0.2, 0) is 6.42 Å². The minimum Gasteiger partial charge on any atom is -0.457 e. The summed E-state index contributed by atoms with van der Waals surface area (Å²) in [5.74, 6) is 1.59.